The average Bonchev–Trinajstić information content (AvgIpc) is 3.11. The van der Waals surface area contributed by atoms with Crippen molar-refractivity contribution >= 4 is 28.9 Å². The molecule has 0 saturated carbocycles. The minimum atomic E-state index is -0.524. The Labute approximate surface area is 174 Å². The molecule has 1 heterocycles. The van der Waals surface area contributed by atoms with Crippen LogP contribution in [-0.4, -0.2) is 25.5 Å². The number of hydrogen-bond donors (Lipinski definition) is 2. The summed E-state index contributed by atoms with van der Waals surface area (Å²) in [6.07, 6.45) is 3.82. The number of hydrogen-bond acceptors (Lipinski definition) is 5. The largest absolute Gasteiger partial charge is 0.493 e. The van der Waals surface area contributed by atoms with Gasteiger partial charge in [0.2, 0.25) is 0 Å². The lowest BCUT2D eigenvalue weighted by Crippen LogP contribution is -2.40. The van der Waals surface area contributed by atoms with E-state index in [1.54, 1.807) is 38.3 Å². The van der Waals surface area contributed by atoms with Gasteiger partial charge in [0, 0.05) is 17.0 Å². The molecule has 2 N–H and O–H groups in total. The highest BCUT2D eigenvalue weighted by atomic mass is 16.5. The van der Waals surface area contributed by atoms with E-state index >= 15 is 0 Å². The van der Waals surface area contributed by atoms with Crippen molar-refractivity contribution in [3.05, 3.63) is 65.4 Å². The minimum absolute atomic E-state index is 0.160. The second-order valence-corrected chi connectivity index (χ2v) is 6.59. The van der Waals surface area contributed by atoms with Gasteiger partial charge >= 0.3 is 5.91 Å². The Bertz CT molecular complexity index is 1080. The second kappa shape index (κ2) is 9.65. The molecular weight excluding hydrogens is 384 g/mol. The molecule has 0 radical (unpaired) electrons. The number of amides is 2. The fourth-order valence-corrected chi connectivity index (χ4v) is 2.90. The van der Waals surface area contributed by atoms with Gasteiger partial charge in [0.15, 0.2) is 17.3 Å². The van der Waals surface area contributed by atoms with Crippen molar-refractivity contribution in [1.29, 1.82) is 0 Å². The summed E-state index contributed by atoms with van der Waals surface area (Å²) >= 11 is 0. The molecule has 3 rings (SSSR count). The fourth-order valence-electron chi connectivity index (χ4n) is 2.90. The lowest BCUT2D eigenvalue weighted by molar-refractivity contribution is -0.117. The number of aryl methyl sites for hydroxylation is 1. The molecule has 7 heteroatoms. The molecule has 0 saturated heterocycles. The Balaban J connectivity index is 1.60. The summed E-state index contributed by atoms with van der Waals surface area (Å²) in [5.41, 5.74) is 6.80. The van der Waals surface area contributed by atoms with Crippen LogP contribution in [0, 0.1) is 6.92 Å². The molecular formula is C23H24N2O5. The third-order valence-corrected chi connectivity index (χ3v) is 4.43. The third kappa shape index (κ3) is 4.81. The van der Waals surface area contributed by atoms with E-state index in [0.29, 0.717) is 29.3 Å². The maximum absolute atomic E-state index is 12.3. The first kappa shape index (κ1) is 21.0. The second-order valence-electron chi connectivity index (χ2n) is 6.59. The topological polar surface area (TPSA) is 89.8 Å². The van der Waals surface area contributed by atoms with Crippen LogP contribution in [0.2, 0.25) is 0 Å². The molecule has 2 amide bonds. The molecule has 1 aromatic heterocycles. The standard InChI is InChI=1S/C23H24N2O5/c1-4-13-29-19-11-9-16(14-20(19)28-3)10-12-21(26)24-25-23(27)22-15(2)17-7-5-6-8-18(17)30-22/h5-12,14H,4,13H2,1-3H3,(H,24,26)(H,25,27)/b12-10+. The Hall–Kier alpha value is -3.74. The number of carbonyl (C=O) groups is 2. The number of nitrogens with one attached hydrogen (secondary N) is 2. The van der Waals surface area contributed by atoms with Crippen LogP contribution in [0.4, 0.5) is 0 Å². The highest BCUT2D eigenvalue weighted by molar-refractivity contribution is 6.00. The number of fused-ring (bicyclic) bond motifs is 1. The Morgan fingerprint density at radius 1 is 1.10 bits per heavy atom. The van der Waals surface area contributed by atoms with Gasteiger partial charge in [-0.1, -0.05) is 31.2 Å². The molecule has 0 fully saturated rings. The number of rotatable bonds is 7. The van der Waals surface area contributed by atoms with Gasteiger partial charge in [-0.3, -0.25) is 20.4 Å². The third-order valence-electron chi connectivity index (χ3n) is 4.43. The Morgan fingerprint density at radius 3 is 2.63 bits per heavy atom. The molecule has 0 bridgehead atoms. The quantitative estimate of drug-likeness (QED) is 0.455. The van der Waals surface area contributed by atoms with Gasteiger partial charge in [0.25, 0.3) is 5.91 Å². The summed E-state index contributed by atoms with van der Waals surface area (Å²) in [6.45, 7) is 4.42. The smallest absolute Gasteiger partial charge is 0.305 e. The Kier molecular flexibility index (Phi) is 6.75. The van der Waals surface area contributed by atoms with Gasteiger partial charge in [-0.2, -0.15) is 0 Å². The van der Waals surface area contributed by atoms with E-state index in [4.69, 9.17) is 13.9 Å². The normalized spacial score (nSPS) is 10.9. The highest BCUT2D eigenvalue weighted by Gasteiger charge is 2.17. The first-order valence-electron chi connectivity index (χ1n) is 9.60. The minimum Gasteiger partial charge on any atom is -0.493 e. The van der Waals surface area contributed by atoms with Crippen LogP contribution >= 0.6 is 0 Å². The van der Waals surface area contributed by atoms with Crippen molar-refractivity contribution in [2.75, 3.05) is 13.7 Å². The molecule has 0 atom stereocenters. The molecule has 0 aliphatic rings. The van der Waals surface area contributed by atoms with Crippen LogP contribution < -0.4 is 20.3 Å². The van der Waals surface area contributed by atoms with E-state index in [1.165, 1.54) is 6.08 Å². The fraction of sp³-hybridized carbons (Fsp3) is 0.217. The van der Waals surface area contributed by atoms with Crippen molar-refractivity contribution < 1.29 is 23.5 Å². The van der Waals surface area contributed by atoms with Gasteiger partial charge in [-0.05, 0) is 43.2 Å². The first-order valence-corrected chi connectivity index (χ1v) is 9.60. The number of benzene rings is 2. The van der Waals surface area contributed by atoms with Crippen molar-refractivity contribution in [2.45, 2.75) is 20.3 Å². The summed E-state index contributed by atoms with van der Waals surface area (Å²) in [5, 5.41) is 0.856. The maximum Gasteiger partial charge on any atom is 0.305 e. The van der Waals surface area contributed by atoms with Crippen molar-refractivity contribution in [3.8, 4) is 11.5 Å². The molecule has 0 aliphatic heterocycles. The summed E-state index contributed by atoms with van der Waals surface area (Å²) in [4.78, 5) is 24.4. The number of furan rings is 1. The molecule has 156 valence electrons. The average molecular weight is 408 g/mol. The molecule has 0 unspecified atom stereocenters. The van der Waals surface area contributed by atoms with Crippen LogP contribution in [0.15, 0.2) is 53.0 Å². The van der Waals surface area contributed by atoms with Crippen LogP contribution in [0.25, 0.3) is 17.0 Å². The van der Waals surface area contributed by atoms with Gasteiger partial charge < -0.3 is 13.9 Å². The highest BCUT2D eigenvalue weighted by Crippen LogP contribution is 2.28. The first-order chi connectivity index (χ1) is 14.5. The van der Waals surface area contributed by atoms with Crippen molar-refractivity contribution in [2.24, 2.45) is 0 Å². The van der Waals surface area contributed by atoms with E-state index in [2.05, 4.69) is 10.9 Å². The number of methoxy groups -OCH3 is 1. The van der Waals surface area contributed by atoms with Crippen LogP contribution in [0.1, 0.15) is 35.0 Å². The van der Waals surface area contributed by atoms with E-state index in [0.717, 1.165) is 17.4 Å². The summed E-state index contributed by atoms with van der Waals surface area (Å²) in [7, 11) is 1.56. The molecule has 30 heavy (non-hydrogen) atoms. The van der Waals surface area contributed by atoms with E-state index in [-0.39, 0.29) is 5.76 Å². The van der Waals surface area contributed by atoms with Crippen molar-refractivity contribution in [3.63, 3.8) is 0 Å². The van der Waals surface area contributed by atoms with Gasteiger partial charge in [-0.25, -0.2) is 0 Å². The summed E-state index contributed by atoms with van der Waals surface area (Å²) < 4.78 is 16.5. The maximum atomic E-state index is 12.3. The van der Waals surface area contributed by atoms with E-state index in [1.807, 2.05) is 31.2 Å². The predicted molar refractivity (Wildman–Crippen MR) is 114 cm³/mol. The van der Waals surface area contributed by atoms with Crippen LogP contribution in [0.3, 0.4) is 0 Å². The molecule has 2 aromatic carbocycles. The lowest BCUT2D eigenvalue weighted by Gasteiger charge is -2.10. The number of carbonyl (C=O) groups excluding carboxylic acids is 2. The lowest BCUT2D eigenvalue weighted by atomic mass is 10.1. The van der Waals surface area contributed by atoms with Gasteiger partial charge in [0.05, 0.1) is 13.7 Å². The molecule has 3 aromatic rings. The number of ether oxygens (including phenoxy) is 2. The predicted octanol–water partition coefficient (Wildman–Crippen LogP) is 4.01. The number of hydrazine groups is 1. The van der Waals surface area contributed by atoms with Crippen molar-refractivity contribution in [1.82, 2.24) is 10.9 Å². The van der Waals surface area contributed by atoms with E-state index < -0.39 is 11.8 Å². The van der Waals surface area contributed by atoms with Gasteiger partial charge in [0.1, 0.15) is 5.58 Å². The Morgan fingerprint density at radius 2 is 1.90 bits per heavy atom. The number of para-hydroxylation sites is 1. The molecule has 7 nitrogen and oxygen atoms in total. The van der Waals surface area contributed by atoms with Crippen LogP contribution in [0.5, 0.6) is 11.5 Å². The van der Waals surface area contributed by atoms with E-state index in [9.17, 15) is 9.59 Å². The monoisotopic (exact) mass is 408 g/mol. The van der Waals surface area contributed by atoms with Crippen LogP contribution in [-0.2, 0) is 4.79 Å². The molecule has 0 spiro atoms. The summed E-state index contributed by atoms with van der Waals surface area (Å²) in [5.74, 6) is 0.383. The zero-order chi connectivity index (χ0) is 21.5. The SMILES string of the molecule is CCCOc1ccc(/C=C/C(=O)NNC(=O)c2oc3ccccc3c2C)cc1OC. The van der Waals surface area contributed by atoms with Gasteiger partial charge in [-0.15, -0.1) is 0 Å². The molecule has 0 aliphatic carbocycles. The zero-order valence-corrected chi connectivity index (χ0v) is 17.2. The summed E-state index contributed by atoms with van der Waals surface area (Å²) in [6, 6.07) is 12.7. The zero-order valence-electron chi connectivity index (χ0n) is 17.2.